The molecule has 1 aromatic carbocycles. The second-order valence-corrected chi connectivity index (χ2v) is 7.97. The largest absolute Gasteiger partial charge is 0.493 e. The van der Waals surface area contributed by atoms with Gasteiger partial charge in [-0.05, 0) is 44.4 Å². The molecule has 2 aliphatic heterocycles. The quantitative estimate of drug-likeness (QED) is 0.704. The Morgan fingerprint density at radius 2 is 1.68 bits per heavy atom. The van der Waals surface area contributed by atoms with Gasteiger partial charge >= 0.3 is 0 Å². The second kappa shape index (κ2) is 8.35. The summed E-state index contributed by atoms with van der Waals surface area (Å²) < 4.78 is 11.5. The molecule has 152 valence electrons. The Kier molecular flexibility index (Phi) is 6.08. The third-order valence-corrected chi connectivity index (χ3v) is 4.92. The molecule has 2 heterocycles. The van der Waals surface area contributed by atoms with E-state index in [2.05, 4.69) is 13.8 Å². The Labute approximate surface area is 167 Å². The number of nitrogens with zero attached hydrogens (tertiary/aromatic N) is 2. The molecule has 6 nitrogen and oxygen atoms in total. The van der Waals surface area contributed by atoms with E-state index in [-0.39, 0.29) is 24.0 Å². The molecule has 28 heavy (non-hydrogen) atoms. The number of benzene rings is 1. The minimum Gasteiger partial charge on any atom is -0.493 e. The van der Waals surface area contributed by atoms with Gasteiger partial charge in [0.1, 0.15) is 11.4 Å². The maximum atomic E-state index is 13.0. The molecule has 0 aliphatic carbocycles. The molecule has 6 heteroatoms. The number of carbonyl (C=O) groups is 2. The van der Waals surface area contributed by atoms with E-state index in [1.165, 1.54) is 4.90 Å². The lowest BCUT2D eigenvalue weighted by atomic mass is 10.0. The molecular formula is C22H30N2O4. The molecule has 1 fully saturated rings. The predicted molar refractivity (Wildman–Crippen MR) is 108 cm³/mol. The van der Waals surface area contributed by atoms with Crippen LogP contribution in [0.15, 0.2) is 30.0 Å². The summed E-state index contributed by atoms with van der Waals surface area (Å²) in [5.74, 6) is 0.748. The minimum atomic E-state index is -0.231. The van der Waals surface area contributed by atoms with E-state index in [9.17, 15) is 9.59 Å². The van der Waals surface area contributed by atoms with Crippen LogP contribution in [0.3, 0.4) is 0 Å². The molecule has 3 rings (SSSR count). The van der Waals surface area contributed by atoms with Crippen molar-refractivity contribution < 1.29 is 19.1 Å². The smallest absolute Gasteiger partial charge is 0.277 e. The molecule has 0 N–H and O–H groups in total. The van der Waals surface area contributed by atoms with Crippen LogP contribution in [0, 0.1) is 5.92 Å². The molecule has 0 aromatic heterocycles. The fourth-order valence-corrected chi connectivity index (χ4v) is 3.75. The fraction of sp³-hybridized carbons (Fsp3) is 0.545. The standard InChI is InChI=1S/C22H30N2O4/c1-6-24-21(25)19(17-7-9-18(10-8-17)27-13-14(2)3)20(22(24)26)23-11-15(4)28-16(5)12-23/h7-10,14-16H,6,11-13H2,1-5H3. The lowest BCUT2D eigenvalue weighted by molar-refractivity contribution is -0.138. The predicted octanol–water partition coefficient (Wildman–Crippen LogP) is 2.93. The third kappa shape index (κ3) is 4.07. The van der Waals surface area contributed by atoms with Gasteiger partial charge in [0.15, 0.2) is 0 Å². The highest BCUT2D eigenvalue weighted by molar-refractivity contribution is 6.35. The monoisotopic (exact) mass is 386 g/mol. The molecule has 1 aromatic rings. The van der Waals surface area contributed by atoms with Crippen LogP contribution in [0.1, 0.15) is 40.2 Å². The van der Waals surface area contributed by atoms with Gasteiger partial charge in [-0.25, -0.2) is 0 Å². The highest BCUT2D eigenvalue weighted by atomic mass is 16.5. The Morgan fingerprint density at radius 3 is 2.21 bits per heavy atom. The zero-order valence-electron chi connectivity index (χ0n) is 17.4. The van der Waals surface area contributed by atoms with E-state index >= 15 is 0 Å². The number of hydrogen-bond donors (Lipinski definition) is 0. The lowest BCUT2D eigenvalue weighted by Gasteiger charge is -2.37. The first-order chi connectivity index (χ1) is 13.3. The highest BCUT2D eigenvalue weighted by Gasteiger charge is 2.42. The van der Waals surface area contributed by atoms with Crippen molar-refractivity contribution in [2.75, 3.05) is 26.2 Å². The Morgan fingerprint density at radius 1 is 1.07 bits per heavy atom. The highest BCUT2D eigenvalue weighted by Crippen LogP contribution is 2.33. The number of ether oxygens (including phenoxy) is 2. The summed E-state index contributed by atoms with van der Waals surface area (Å²) in [5.41, 5.74) is 1.71. The number of amides is 2. The Bertz CT molecular complexity index is 759. The van der Waals surface area contributed by atoms with E-state index in [1.807, 2.05) is 49.9 Å². The number of hydrogen-bond acceptors (Lipinski definition) is 5. The molecule has 2 unspecified atom stereocenters. The van der Waals surface area contributed by atoms with Gasteiger partial charge < -0.3 is 14.4 Å². The molecule has 2 amide bonds. The van der Waals surface area contributed by atoms with Gasteiger partial charge in [0.25, 0.3) is 11.8 Å². The van der Waals surface area contributed by atoms with Crippen molar-refractivity contribution in [2.45, 2.75) is 46.8 Å². The van der Waals surface area contributed by atoms with Crippen LogP contribution >= 0.6 is 0 Å². The summed E-state index contributed by atoms with van der Waals surface area (Å²) in [6.07, 6.45) is 0.00535. The molecular weight excluding hydrogens is 356 g/mol. The van der Waals surface area contributed by atoms with Gasteiger partial charge in [-0.2, -0.15) is 0 Å². The van der Waals surface area contributed by atoms with Gasteiger partial charge in [-0.1, -0.05) is 26.0 Å². The number of morpholine rings is 1. The van der Waals surface area contributed by atoms with E-state index in [0.717, 1.165) is 11.3 Å². The van der Waals surface area contributed by atoms with Crippen LogP contribution < -0.4 is 4.74 Å². The molecule has 0 radical (unpaired) electrons. The summed E-state index contributed by atoms with van der Waals surface area (Å²) in [4.78, 5) is 29.4. The summed E-state index contributed by atoms with van der Waals surface area (Å²) >= 11 is 0. The van der Waals surface area contributed by atoms with Crippen LogP contribution in [0.25, 0.3) is 5.57 Å². The topological polar surface area (TPSA) is 59.1 Å². The molecule has 2 aliphatic rings. The molecule has 2 atom stereocenters. The minimum absolute atomic E-state index is 0.00267. The number of rotatable bonds is 6. The van der Waals surface area contributed by atoms with E-state index < -0.39 is 0 Å². The van der Waals surface area contributed by atoms with Crippen LogP contribution in [0.4, 0.5) is 0 Å². The van der Waals surface area contributed by atoms with Gasteiger partial charge in [0.2, 0.25) is 0 Å². The molecule has 1 saturated heterocycles. The van der Waals surface area contributed by atoms with E-state index in [0.29, 0.717) is 43.4 Å². The Hall–Kier alpha value is -2.34. The number of imide groups is 1. The first-order valence-electron chi connectivity index (χ1n) is 10.1. The summed E-state index contributed by atoms with van der Waals surface area (Å²) in [5, 5.41) is 0. The van der Waals surface area contributed by atoms with Crippen molar-refractivity contribution >= 4 is 17.4 Å². The molecule has 0 spiro atoms. The van der Waals surface area contributed by atoms with Crippen LogP contribution in [-0.4, -0.2) is 60.1 Å². The van der Waals surface area contributed by atoms with E-state index in [1.54, 1.807) is 0 Å². The first-order valence-corrected chi connectivity index (χ1v) is 10.1. The van der Waals surface area contributed by atoms with Gasteiger partial charge in [-0.15, -0.1) is 0 Å². The second-order valence-electron chi connectivity index (χ2n) is 7.97. The van der Waals surface area contributed by atoms with Crippen molar-refractivity contribution in [3.05, 3.63) is 35.5 Å². The van der Waals surface area contributed by atoms with Gasteiger partial charge in [0, 0.05) is 19.6 Å². The zero-order valence-corrected chi connectivity index (χ0v) is 17.4. The average Bonchev–Trinajstić information content (AvgIpc) is 2.89. The van der Waals surface area contributed by atoms with Gasteiger partial charge in [0.05, 0.1) is 24.4 Å². The van der Waals surface area contributed by atoms with Crippen molar-refractivity contribution in [1.82, 2.24) is 9.80 Å². The van der Waals surface area contributed by atoms with Crippen LogP contribution in [0.5, 0.6) is 5.75 Å². The fourth-order valence-electron chi connectivity index (χ4n) is 3.75. The first kappa shape index (κ1) is 20.4. The van der Waals surface area contributed by atoms with Crippen molar-refractivity contribution in [3.8, 4) is 5.75 Å². The molecule has 0 bridgehead atoms. The maximum Gasteiger partial charge on any atom is 0.277 e. The van der Waals surface area contributed by atoms with E-state index in [4.69, 9.17) is 9.47 Å². The normalized spacial score (nSPS) is 23.2. The van der Waals surface area contributed by atoms with Crippen molar-refractivity contribution in [3.63, 3.8) is 0 Å². The SMILES string of the molecule is CCN1C(=O)C(c2ccc(OCC(C)C)cc2)=C(N2CC(C)OC(C)C2)C1=O. The van der Waals surface area contributed by atoms with Crippen LogP contribution in [0.2, 0.25) is 0 Å². The summed E-state index contributed by atoms with van der Waals surface area (Å²) in [6.45, 7) is 12.2. The lowest BCUT2D eigenvalue weighted by Crippen LogP contribution is -2.46. The van der Waals surface area contributed by atoms with Gasteiger partial charge in [-0.3, -0.25) is 14.5 Å². The maximum absolute atomic E-state index is 13.0. The number of carbonyl (C=O) groups excluding carboxylic acids is 2. The summed E-state index contributed by atoms with van der Waals surface area (Å²) in [6, 6.07) is 7.45. The van der Waals surface area contributed by atoms with Crippen LogP contribution in [-0.2, 0) is 14.3 Å². The molecule has 0 saturated carbocycles. The zero-order chi connectivity index (χ0) is 20.4. The van der Waals surface area contributed by atoms with Crippen molar-refractivity contribution in [2.24, 2.45) is 5.92 Å². The third-order valence-electron chi connectivity index (χ3n) is 4.92. The average molecular weight is 386 g/mol. The van der Waals surface area contributed by atoms with Crippen molar-refractivity contribution in [1.29, 1.82) is 0 Å². The summed E-state index contributed by atoms with van der Waals surface area (Å²) in [7, 11) is 0. The number of likely N-dealkylation sites (N-methyl/N-ethyl adjacent to an activating group) is 1. The Balaban J connectivity index is 1.96.